The Morgan fingerprint density at radius 1 is 1.70 bits per heavy atom. The minimum Gasteiger partial charge on any atom is -0.268 e. The minimum absolute atomic E-state index is 0.112. The van der Waals surface area contributed by atoms with E-state index in [0.717, 1.165) is 5.69 Å². The van der Waals surface area contributed by atoms with Crippen LogP contribution in [0.4, 0.5) is 0 Å². The first-order valence-corrected chi connectivity index (χ1v) is 3.38. The van der Waals surface area contributed by atoms with Gasteiger partial charge in [-0.15, -0.1) is 11.6 Å². The van der Waals surface area contributed by atoms with Gasteiger partial charge in [-0.1, -0.05) is 0 Å². The Balaban J connectivity index is 3.22. The van der Waals surface area contributed by atoms with E-state index in [9.17, 15) is 4.79 Å². The van der Waals surface area contributed by atoms with Crippen molar-refractivity contribution in [2.45, 2.75) is 12.9 Å². The summed E-state index contributed by atoms with van der Waals surface area (Å²) in [4.78, 5) is 10.8. The summed E-state index contributed by atoms with van der Waals surface area (Å²) in [7, 11) is 0. The van der Waals surface area contributed by atoms with Crippen molar-refractivity contribution < 1.29 is 0 Å². The molecular formula is C6H7ClN2O. The Morgan fingerprint density at radius 3 is 2.90 bits per heavy atom. The molecule has 0 aromatic carbocycles. The molecule has 0 saturated heterocycles. The molecule has 1 aromatic rings. The minimum atomic E-state index is -0.166. The van der Waals surface area contributed by atoms with Gasteiger partial charge in [-0.25, -0.2) is 4.68 Å². The molecule has 0 atom stereocenters. The number of hydrogen-bond donors (Lipinski definition) is 0. The lowest BCUT2D eigenvalue weighted by molar-refractivity contribution is 0.674. The van der Waals surface area contributed by atoms with Gasteiger partial charge in [0, 0.05) is 6.07 Å². The van der Waals surface area contributed by atoms with E-state index in [4.69, 9.17) is 11.6 Å². The maximum Gasteiger partial charge on any atom is 0.267 e. The molecule has 0 radical (unpaired) electrons. The molecule has 10 heavy (non-hydrogen) atoms. The lowest BCUT2D eigenvalue weighted by atomic mass is 10.4. The van der Waals surface area contributed by atoms with Crippen molar-refractivity contribution >= 4 is 11.6 Å². The predicted molar refractivity (Wildman–Crippen MR) is 39.1 cm³/mol. The molecule has 0 aliphatic heterocycles. The van der Waals surface area contributed by atoms with E-state index in [-0.39, 0.29) is 11.6 Å². The molecule has 0 saturated carbocycles. The van der Waals surface area contributed by atoms with E-state index in [1.807, 2.05) is 6.92 Å². The highest BCUT2D eigenvalue weighted by Gasteiger charge is 1.92. The second kappa shape index (κ2) is 2.84. The molecule has 1 aromatic heterocycles. The molecule has 0 aliphatic carbocycles. The molecular weight excluding hydrogens is 152 g/mol. The number of rotatable bonds is 1. The SMILES string of the molecule is Cc1ccc(=O)n(CCl)n1. The second-order valence-corrected chi connectivity index (χ2v) is 2.17. The molecule has 0 bridgehead atoms. The Morgan fingerprint density at radius 2 is 2.40 bits per heavy atom. The van der Waals surface area contributed by atoms with E-state index < -0.39 is 0 Å². The predicted octanol–water partition coefficient (Wildman–Crippen LogP) is 0.748. The van der Waals surface area contributed by atoms with Crippen LogP contribution in [0.2, 0.25) is 0 Å². The van der Waals surface area contributed by atoms with E-state index in [1.54, 1.807) is 6.07 Å². The summed E-state index contributed by atoms with van der Waals surface area (Å²) in [6.07, 6.45) is 0. The van der Waals surface area contributed by atoms with Crippen molar-refractivity contribution in [2.75, 3.05) is 0 Å². The van der Waals surface area contributed by atoms with Crippen LogP contribution >= 0.6 is 11.6 Å². The number of nitrogens with zero attached hydrogens (tertiary/aromatic N) is 2. The maximum atomic E-state index is 10.8. The van der Waals surface area contributed by atoms with Crippen molar-refractivity contribution in [1.29, 1.82) is 0 Å². The van der Waals surface area contributed by atoms with Crippen LogP contribution < -0.4 is 5.56 Å². The summed E-state index contributed by atoms with van der Waals surface area (Å²) in [5, 5.41) is 3.86. The van der Waals surface area contributed by atoms with Gasteiger partial charge in [-0.2, -0.15) is 5.10 Å². The summed E-state index contributed by atoms with van der Waals surface area (Å²) in [5.41, 5.74) is 0.626. The lowest BCUT2D eigenvalue weighted by Gasteiger charge is -1.97. The first-order chi connectivity index (χ1) is 4.74. The zero-order chi connectivity index (χ0) is 7.56. The van der Waals surface area contributed by atoms with Crippen LogP contribution in [0.15, 0.2) is 16.9 Å². The van der Waals surface area contributed by atoms with Gasteiger partial charge in [-0.05, 0) is 13.0 Å². The van der Waals surface area contributed by atoms with Gasteiger partial charge in [0.05, 0.1) is 5.69 Å². The molecule has 4 heteroatoms. The van der Waals surface area contributed by atoms with Crippen LogP contribution in [0.3, 0.4) is 0 Å². The van der Waals surface area contributed by atoms with Crippen LogP contribution in [0.25, 0.3) is 0 Å². The average molecular weight is 159 g/mol. The van der Waals surface area contributed by atoms with Gasteiger partial charge in [0.15, 0.2) is 0 Å². The summed E-state index contributed by atoms with van der Waals surface area (Å²) < 4.78 is 1.21. The molecule has 1 rings (SSSR count). The molecule has 0 fully saturated rings. The van der Waals surface area contributed by atoms with E-state index >= 15 is 0 Å². The molecule has 3 nitrogen and oxygen atoms in total. The zero-order valence-corrected chi connectivity index (χ0v) is 6.30. The molecule has 54 valence electrons. The molecule has 1 heterocycles. The maximum absolute atomic E-state index is 10.8. The largest absolute Gasteiger partial charge is 0.268 e. The van der Waals surface area contributed by atoms with E-state index in [2.05, 4.69) is 5.10 Å². The molecule has 0 unspecified atom stereocenters. The Hall–Kier alpha value is -0.830. The fraction of sp³-hybridized carbons (Fsp3) is 0.333. The number of alkyl halides is 1. The van der Waals surface area contributed by atoms with Crippen LogP contribution in [-0.4, -0.2) is 9.78 Å². The first-order valence-electron chi connectivity index (χ1n) is 2.85. The van der Waals surface area contributed by atoms with Gasteiger partial charge in [0.25, 0.3) is 5.56 Å². The van der Waals surface area contributed by atoms with Gasteiger partial charge in [0.1, 0.15) is 6.00 Å². The third-order valence-corrected chi connectivity index (χ3v) is 1.34. The lowest BCUT2D eigenvalue weighted by Crippen LogP contribution is -2.20. The number of hydrogen-bond acceptors (Lipinski definition) is 2. The van der Waals surface area contributed by atoms with Crippen molar-refractivity contribution in [1.82, 2.24) is 9.78 Å². The van der Waals surface area contributed by atoms with Crippen molar-refractivity contribution in [3.63, 3.8) is 0 Å². The van der Waals surface area contributed by atoms with Crippen molar-refractivity contribution in [3.8, 4) is 0 Å². The highest BCUT2D eigenvalue weighted by Crippen LogP contribution is 1.86. The fourth-order valence-electron chi connectivity index (χ4n) is 0.637. The molecule has 0 aliphatic rings. The number of aryl methyl sites for hydroxylation is 1. The Kier molecular flexibility index (Phi) is 2.06. The second-order valence-electron chi connectivity index (χ2n) is 1.93. The van der Waals surface area contributed by atoms with Gasteiger partial charge in [0.2, 0.25) is 0 Å². The third kappa shape index (κ3) is 1.36. The van der Waals surface area contributed by atoms with Gasteiger partial charge in [-0.3, -0.25) is 4.79 Å². The average Bonchev–Trinajstić information content (AvgIpc) is 1.94. The van der Waals surface area contributed by atoms with Crippen molar-refractivity contribution in [2.24, 2.45) is 0 Å². The van der Waals surface area contributed by atoms with Crippen LogP contribution in [0.1, 0.15) is 5.69 Å². The molecule has 0 amide bonds. The van der Waals surface area contributed by atoms with Gasteiger partial charge < -0.3 is 0 Å². The number of aromatic nitrogens is 2. The Bertz CT molecular complexity index is 281. The summed E-state index contributed by atoms with van der Waals surface area (Å²) in [5.74, 6) is 0. The van der Waals surface area contributed by atoms with Crippen molar-refractivity contribution in [3.05, 3.63) is 28.2 Å². The van der Waals surface area contributed by atoms with E-state index in [1.165, 1.54) is 10.7 Å². The summed E-state index contributed by atoms with van der Waals surface area (Å²) in [6.45, 7) is 1.81. The first kappa shape index (κ1) is 7.28. The quantitative estimate of drug-likeness (QED) is 0.566. The van der Waals surface area contributed by atoms with Crippen LogP contribution in [0, 0.1) is 6.92 Å². The topological polar surface area (TPSA) is 34.9 Å². The third-order valence-electron chi connectivity index (χ3n) is 1.11. The van der Waals surface area contributed by atoms with Crippen LogP contribution in [0.5, 0.6) is 0 Å². The smallest absolute Gasteiger partial charge is 0.267 e. The van der Waals surface area contributed by atoms with E-state index in [0.29, 0.717) is 0 Å². The fourth-order valence-corrected chi connectivity index (χ4v) is 0.808. The van der Waals surface area contributed by atoms with Gasteiger partial charge >= 0.3 is 0 Å². The standard InChI is InChI=1S/C6H7ClN2O/c1-5-2-3-6(10)9(4-7)8-5/h2-3H,4H2,1H3. The zero-order valence-electron chi connectivity index (χ0n) is 5.54. The Labute approximate surface area is 63.2 Å². The highest BCUT2D eigenvalue weighted by molar-refractivity contribution is 6.15. The summed E-state index contributed by atoms with van der Waals surface area (Å²) in [6, 6.07) is 3.22. The number of halogens is 1. The monoisotopic (exact) mass is 158 g/mol. The normalized spacial score (nSPS) is 9.80. The summed E-state index contributed by atoms with van der Waals surface area (Å²) >= 11 is 5.40. The highest BCUT2D eigenvalue weighted by atomic mass is 35.5. The van der Waals surface area contributed by atoms with Crippen LogP contribution in [-0.2, 0) is 6.00 Å². The molecule has 0 spiro atoms. The molecule has 0 N–H and O–H groups in total.